The van der Waals surface area contributed by atoms with E-state index >= 15 is 0 Å². The number of nitrogens with zero attached hydrogens (tertiary/aromatic N) is 1. The number of hydrogen-bond acceptors (Lipinski definition) is 4. The zero-order valence-electron chi connectivity index (χ0n) is 12.6. The van der Waals surface area contributed by atoms with Crippen molar-refractivity contribution in [3.8, 4) is 5.75 Å². The lowest BCUT2D eigenvalue weighted by Gasteiger charge is -2.25. The maximum Gasteiger partial charge on any atom is 0.246 e. The van der Waals surface area contributed by atoms with E-state index in [0.29, 0.717) is 12.3 Å². The maximum atomic E-state index is 12.7. The molecular formula is C14H24N2O3S. The fraction of sp³-hybridized carbons (Fsp3) is 0.571. The predicted octanol–water partition coefficient (Wildman–Crippen LogP) is 1.96. The van der Waals surface area contributed by atoms with Gasteiger partial charge in [0, 0.05) is 19.6 Å². The monoisotopic (exact) mass is 300 g/mol. The molecule has 0 amide bonds. The van der Waals surface area contributed by atoms with Crippen molar-refractivity contribution in [1.82, 2.24) is 4.31 Å². The first-order valence-electron chi connectivity index (χ1n) is 6.73. The van der Waals surface area contributed by atoms with Crippen LogP contribution in [0.5, 0.6) is 5.75 Å². The molecule has 0 spiro atoms. The van der Waals surface area contributed by atoms with E-state index in [1.54, 1.807) is 25.2 Å². The molecule has 1 aromatic carbocycles. The second-order valence-electron chi connectivity index (χ2n) is 4.85. The zero-order chi connectivity index (χ0) is 15.3. The molecule has 5 nitrogen and oxygen atoms in total. The van der Waals surface area contributed by atoms with Crippen molar-refractivity contribution >= 4 is 10.0 Å². The molecule has 0 heterocycles. The Kier molecular flexibility index (Phi) is 5.98. The van der Waals surface area contributed by atoms with Crippen LogP contribution in [0.2, 0.25) is 0 Å². The summed E-state index contributed by atoms with van der Waals surface area (Å²) in [6.07, 6.45) is 1.75. The number of rotatable bonds is 7. The van der Waals surface area contributed by atoms with Crippen molar-refractivity contribution in [3.63, 3.8) is 0 Å². The van der Waals surface area contributed by atoms with E-state index in [-0.39, 0.29) is 10.9 Å². The SMILES string of the molecule is CCCC(C)N(C)S(=O)(=O)c1cc(CN)ccc1OC. The number of benzene rings is 1. The highest BCUT2D eigenvalue weighted by Crippen LogP contribution is 2.28. The molecule has 1 rings (SSSR count). The van der Waals surface area contributed by atoms with Crippen LogP contribution < -0.4 is 10.5 Å². The smallest absolute Gasteiger partial charge is 0.246 e. The normalized spacial score (nSPS) is 13.5. The van der Waals surface area contributed by atoms with E-state index in [1.165, 1.54) is 11.4 Å². The minimum Gasteiger partial charge on any atom is -0.495 e. The third kappa shape index (κ3) is 3.50. The number of ether oxygens (including phenoxy) is 1. The topological polar surface area (TPSA) is 72.6 Å². The molecule has 0 aromatic heterocycles. The highest BCUT2D eigenvalue weighted by atomic mass is 32.2. The largest absolute Gasteiger partial charge is 0.495 e. The van der Waals surface area contributed by atoms with Gasteiger partial charge in [-0.25, -0.2) is 8.42 Å². The van der Waals surface area contributed by atoms with Gasteiger partial charge in [-0.15, -0.1) is 0 Å². The molecule has 0 aliphatic heterocycles. The van der Waals surface area contributed by atoms with Gasteiger partial charge in [-0.2, -0.15) is 4.31 Å². The van der Waals surface area contributed by atoms with Crippen LogP contribution in [0.25, 0.3) is 0 Å². The van der Waals surface area contributed by atoms with Crippen molar-refractivity contribution < 1.29 is 13.2 Å². The Balaban J connectivity index is 3.26. The van der Waals surface area contributed by atoms with Gasteiger partial charge in [-0.05, 0) is 31.0 Å². The average molecular weight is 300 g/mol. The minimum absolute atomic E-state index is 0.0590. The number of hydrogen-bond donors (Lipinski definition) is 1. The van der Waals surface area contributed by atoms with Gasteiger partial charge in [0.1, 0.15) is 10.6 Å². The van der Waals surface area contributed by atoms with E-state index in [0.717, 1.165) is 18.4 Å². The summed E-state index contributed by atoms with van der Waals surface area (Å²) in [6, 6.07) is 4.94. The van der Waals surface area contributed by atoms with Crippen LogP contribution in [0.15, 0.2) is 23.1 Å². The molecule has 0 aliphatic rings. The van der Waals surface area contributed by atoms with Gasteiger partial charge in [-0.1, -0.05) is 19.4 Å². The van der Waals surface area contributed by atoms with Gasteiger partial charge < -0.3 is 10.5 Å². The Morgan fingerprint density at radius 3 is 2.55 bits per heavy atom. The minimum atomic E-state index is -3.58. The van der Waals surface area contributed by atoms with Gasteiger partial charge in [0.05, 0.1) is 7.11 Å². The molecule has 2 N–H and O–H groups in total. The molecule has 0 aliphatic carbocycles. The first-order chi connectivity index (χ1) is 9.38. The summed E-state index contributed by atoms with van der Waals surface area (Å²) < 4.78 is 32.0. The highest BCUT2D eigenvalue weighted by Gasteiger charge is 2.28. The van der Waals surface area contributed by atoms with E-state index in [4.69, 9.17) is 10.5 Å². The van der Waals surface area contributed by atoms with Crippen molar-refractivity contribution in [2.45, 2.75) is 44.2 Å². The Bertz CT molecular complexity index is 543. The second kappa shape index (κ2) is 7.06. The van der Waals surface area contributed by atoms with Crippen LogP contribution in [0.3, 0.4) is 0 Å². The van der Waals surface area contributed by atoms with Gasteiger partial charge in [0.15, 0.2) is 0 Å². The van der Waals surface area contributed by atoms with Crippen molar-refractivity contribution in [2.75, 3.05) is 14.2 Å². The van der Waals surface area contributed by atoms with Crippen LogP contribution in [0.4, 0.5) is 0 Å². The van der Waals surface area contributed by atoms with E-state index in [2.05, 4.69) is 0 Å². The first kappa shape index (κ1) is 16.9. The lowest BCUT2D eigenvalue weighted by Crippen LogP contribution is -2.35. The Labute approximate surface area is 121 Å². The Morgan fingerprint density at radius 1 is 1.40 bits per heavy atom. The van der Waals surface area contributed by atoms with Gasteiger partial charge in [0.25, 0.3) is 0 Å². The molecule has 0 radical (unpaired) electrons. The molecule has 0 saturated heterocycles. The quantitative estimate of drug-likeness (QED) is 0.835. The summed E-state index contributed by atoms with van der Waals surface area (Å²) in [5.41, 5.74) is 6.35. The van der Waals surface area contributed by atoms with Gasteiger partial charge in [0.2, 0.25) is 10.0 Å². The van der Waals surface area contributed by atoms with Crippen LogP contribution >= 0.6 is 0 Å². The molecule has 1 atom stereocenters. The molecule has 1 unspecified atom stereocenters. The van der Waals surface area contributed by atoms with E-state index in [1.807, 2.05) is 13.8 Å². The summed E-state index contributed by atoms with van der Waals surface area (Å²) in [5.74, 6) is 0.345. The van der Waals surface area contributed by atoms with Crippen LogP contribution in [0.1, 0.15) is 32.3 Å². The van der Waals surface area contributed by atoms with Crippen molar-refractivity contribution in [2.24, 2.45) is 5.73 Å². The maximum absolute atomic E-state index is 12.7. The summed E-state index contributed by atoms with van der Waals surface area (Å²) >= 11 is 0. The van der Waals surface area contributed by atoms with Crippen LogP contribution in [-0.4, -0.2) is 32.9 Å². The van der Waals surface area contributed by atoms with Crippen molar-refractivity contribution in [1.29, 1.82) is 0 Å². The molecular weight excluding hydrogens is 276 g/mol. The van der Waals surface area contributed by atoms with Crippen molar-refractivity contribution in [3.05, 3.63) is 23.8 Å². The van der Waals surface area contributed by atoms with Crippen LogP contribution in [0, 0.1) is 0 Å². The average Bonchev–Trinajstić information content (AvgIpc) is 2.45. The Morgan fingerprint density at radius 2 is 2.05 bits per heavy atom. The highest BCUT2D eigenvalue weighted by molar-refractivity contribution is 7.89. The molecule has 20 heavy (non-hydrogen) atoms. The fourth-order valence-corrected chi connectivity index (χ4v) is 3.64. The number of sulfonamides is 1. The molecule has 6 heteroatoms. The summed E-state index contributed by atoms with van der Waals surface area (Å²) in [6.45, 7) is 4.23. The Hall–Kier alpha value is -1.11. The first-order valence-corrected chi connectivity index (χ1v) is 8.17. The predicted molar refractivity (Wildman–Crippen MR) is 80.2 cm³/mol. The molecule has 0 bridgehead atoms. The third-order valence-corrected chi connectivity index (χ3v) is 5.44. The summed E-state index contributed by atoms with van der Waals surface area (Å²) in [4.78, 5) is 0.174. The number of nitrogens with two attached hydrogens (primary N) is 1. The standard InChI is InChI=1S/C14H24N2O3S/c1-5-6-11(2)16(3)20(17,18)14-9-12(10-15)7-8-13(14)19-4/h7-9,11H,5-6,10,15H2,1-4H3. The van der Waals surface area contributed by atoms with E-state index < -0.39 is 10.0 Å². The lowest BCUT2D eigenvalue weighted by atomic mass is 10.2. The summed E-state index contributed by atoms with van der Waals surface area (Å²) in [7, 11) is -0.517. The third-order valence-electron chi connectivity index (χ3n) is 3.45. The number of methoxy groups -OCH3 is 1. The fourth-order valence-electron chi connectivity index (χ4n) is 2.04. The zero-order valence-corrected chi connectivity index (χ0v) is 13.4. The molecule has 0 fully saturated rings. The molecule has 114 valence electrons. The lowest BCUT2D eigenvalue weighted by molar-refractivity contribution is 0.362. The summed E-state index contributed by atoms with van der Waals surface area (Å²) in [5, 5.41) is 0. The second-order valence-corrected chi connectivity index (χ2v) is 6.81. The van der Waals surface area contributed by atoms with E-state index in [9.17, 15) is 8.42 Å². The molecule has 0 saturated carbocycles. The molecule has 1 aromatic rings. The van der Waals surface area contributed by atoms with Gasteiger partial charge >= 0.3 is 0 Å². The van der Waals surface area contributed by atoms with Crippen LogP contribution in [-0.2, 0) is 16.6 Å². The van der Waals surface area contributed by atoms with Gasteiger partial charge in [-0.3, -0.25) is 0 Å².